The predicted molar refractivity (Wildman–Crippen MR) is 119 cm³/mol. The van der Waals surface area contributed by atoms with Crippen molar-refractivity contribution in [2.75, 3.05) is 19.1 Å². The molecule has 28 heavy (non-hydrogen) atoms. The monoisotopic (exact) mass is 409 g/mol. The van der Waals surface area contributed by atoms with Crippen molar-refractivity contribution in [1.29, 1.82) is 0 Å². The fourth-order valence-corrected chi connectivity index (χ4v) is 4.88. The number of fused-ring (bicyclic) bond motifs is 1. The molecular formula is C23H39NO3S. The largest absolute Gasteiger partial charge is 0.462 e. The van der Waals surface area contributed by atoms with Crippen LogP contribution in [0.25, 0.3) is 0 Å². The molecule has 0 N–H and O–H groups in total. The molecule has 1 aliphatic rings. The lowest BCUT2D eigenvalue weighted by Gasteiger charge is -2.49. The molecule has 4 nitrogen and oxygen atoms in total. The number of pyridine rings is 1. The second kappa shape index (κ2) is 7.98. The number of aromatic nitrogens is 1. The number of esters is 1. The number of hydrogen-bond donors (Lipinski definition) is 0. The number of ether oxygens (including phenoxy) is 1. The summed E-state index contributed by atoms with van der Waals surface area (Å²) in [6, 6.07) is 0. The molecule has 0 amide bonds. The van der Waals surface area contributed by atoms with Gasteiger partial charge < -0.3 is 8.92 Å². The van der Waals surface area contributed by atoms with Gasteiger partial charge in [0.25, 0.3) is 0 Å². The minimum atomic E-state index is -1.31. The van der Waals surface area contributed by atoms with E-state index in [2.05, 4.69) is 54.1 Å². The Bertz CT molecular complexity index is 747. The van der Waals surface area contributed by atoms with Gasteiger partial charge in [0.05, 0.1) is 24.0 Å². The summed E-state index contributed by atoms with van der Waals surface area (Å²) in [7, 11) is -1.31. The zero-order chi connectivity index (χ0) is 21.5. The topological polar surface area (TPSA) is 48.4 Å². The number of rotatable bonds is 5. The molecule has 0 radical (unpaired) electrons. The standard InChI is InChI=1S/C23H39NO3S/c1-11-16-19(21(25)26-12-2)15(3)24-17-13-23(7,8)14-18(20(16)17)27-28(9,10)22(4,5)6/h18H,11-14H2,1-10H3. The second-order valence-corrected chi connectivity index (χ2v) is 13.8. The zero-order valence-corrected chi connectivity index (χ0v) is 20.3. The molecule has 0 aromatic carbocycles. The minimum absolute atomic E-state index is 0.0424. The van der Waals surface area contributed by atoms with E-state index in [1.807, 2.05) is 13.8 Å². The van der Waals surface area contributed by atoms with Gasteiger partial charge in [-0.25, -0.2) is 4.79 Å². The van der Waals surface area contributed by atoms with E-state index in [0.29, 0.717) is 12.2 Å². The van der Waals surface area contributed by atoms with E-state index in [4.69, 9.17) is 13.9 Å². The molecule has 2 rings (SSSR count). The predicted octanol–water partition coefficient (Wildman–Crippen LogP) is 5.94. The number of carbonyl (C=O) groups excluding carboxylic acids is 1. The van der Waals surface area contributed by atoms with Crippen molar-refractivity contribution in [1.82, 2.24) is 4.98 Å². The Labute approximate surface area is 173 Å². The van der Waals surface area contributed by atoms with Gasteiger partial charge in [-0.3, -0.25) is 4.98 Å². The average molecular weight is 410 g/mol. The van der Waals surface area contributed by atoms with Crippen molar-refractivity contribution >= 4 is 16.3 Å². The lowest BCUT2D eigenvalue weighted by molar-refractivity contribution is 0.0522. The van der Waals surface area contributed by atoms with Gasteiger partial charge >= 0.3 is 5.97 Å². The maximum Gasteiger partial charge on any atom is 0.340 e. The summed E-state index contributed by atoms with van der Waals surface area (Å²) in [5.74, 6) is -0.266. The van der Waals surface area contributed by atoms with E-state index in [1.54, 1.807) is 0 Å². The van der Waals surface area contributed by atoms with Crippen LogP contribution in [0.5, 0.6) is 0 Å². The Morgan fingerprint density at radius 3 is 2.36 bits per heavy atom. The van der Waals surface area contributed by atoms with Crippen molar-refractivity contribution in [2.45, 2.75) is 85.5 Å². The van der Waals surface area contributed by atoms with Gasteiger partial charge in [0.15, 0.2) is 0 Å². The molecule has 1 atom stereocenters. The van der Waals surface area contributed by atoms with Crippen molar-refractivity contribution in [3.8, 4) is 0 Å². The lowest BCUT2D eigenvalue weighted by atomic mass is 9.73. The molecule has 1 aromatic heterocycles. The fourth-order valence-electron chi connectivity index (χ4n) is 3.85. The third-order valence-corrected chi connectivity index (χ3v) is 9.64. The van der Waals surface area contributed by atoms with Crippen LogP contribution in [-0.2, 0) is 21.8 Å². The van der Waals surface area contributed by atoms with Crippen LogP contribution in [0.4, 0.5) is 0 Å². The van der Waals surface area contributed by atoms with E-state index in [9.17, 15) is 4.79 Å². The summed E-state index contributed by atoms with van der Waals surface area (Å²) < 4.78 is 12.3. The van der Waals surface area contributed by atoms with E-state index in [0.717, 1.165) is 41.8 Å². The Morgan fingerprint density at radius 1 is 1.25 bits per heavy atom. The number of aryl methyl sites for hydroxylation is 1. The van der Waals surface area contributed by atoms with Crippen LogP contribution in [0.1, 0.15) is 93.9 Å². The first-order chi connectivity index (χ1) is 12.7. The van der Waals surface area contributed by atoms with Crippen molar-refractivity contribution in [2.24, 2.45) is 5.41 Å². The van der Waals surface area contributed by atoms with Crippen molar-refractivity contribution in [3.63, 3.8) is 0 Å². The Kier molecular flexibility index (Phi) is 6.62. The summed E-state index contributed by atoms with van der Waals surface area (Å²) in [5.41, 5.74) is 4.81. The van der Waals surface area contributed by atoms with Gasteiger partial charge in [0.2, 0.25) is 0 Å². The Balaban J connectivity index is 2.67. The molecule has 5 heteroatoms. The van der Waals surface area contributed by atoms with Gasteiger partial charge in [-0.15, -0.1) is 10.3 Å². The molecule has 0 saturated heterocycles. The number of nitrogens with zero attached hydrogens (tertiary/aromatic N) is 1. The normalized spacial score (nSPS) is 19.9. The van der Waals surface area contributed by atoms with E-state index in [1.165, 1.54) is 0 Å². The summed E-state index contributed by atoms with van der Waals surface area (Å²) >= 11 is 0. The molecule has 0 aliphatic heterocycles. The van der Waals surface area contributed by atoms with Gasteiger partial charge in [0, 0.05) is 16.0 Å². The van der Waals surface area contributed by atoms with Crippen molar-refractivity contribution in [3.05, 3.63) is 28.1 Å². The summed E-state index contributed by atoms with van der Waals surface area (Å²) in [4.78, 5) is 17.6. The van der Waals surface area contributed by atoms with Gasteiger partial charge in [-0.1, -0.05) is 41.5 Å². The molecule has 1 unspecified atom stereocenters. The van der Waals surface area contributed by atoms with E-state index < -0.39 is 10.3 Å². The Hall–Kier alpha value is -1.07. The number of carbonyl (C=O) groups is 1. The molecule has 1 aromatic rings. The van der Waals surface area contributed by atoms with Crippen LogP contribution < -0.4 is 0 Å². The highest BCUT2D eigenvalue weighted by Gasteiger charge is 2.41. The first-order valence-electron chi connectivity index (χ1n) is 10.3. The minimum Gasteiger partial charge on any atom is -0.462 e. The molecule has 0 saturated carbocycles. The summed E-state index contributed by atoms with van der Waals surface area (Å²) in [5, 5.41) is 0. The smallest absolute Gasteiger partial charge is 0.340 e. The third-order valence-electron chi connectivity index (χ3n) is 5.97. The molecule has 0 bridgehead atoms. The van der Waals surface area contributed by atoms with Crippen LogP contribution in [-0.4, -0.2) is 34.8 Å². The molecule has 1 heterocycles. The first kappa shape index (κ1) is 23.2. The first-order valence-corrected chi connectivity index (χ1v) is 12.7. The van der Waals surface area contributed by atoms with Crippen molar-refractivity contribution < 1.29 is 13.7 Å². The lowest BCUT2D eigenvalue weighted by Crippen LogP contribution is -2.33. The Morgan fingerprint density at radius 2 is 1.86 bits per heavy atom. The summed E-state index contributed by atoms with van der Waals surface area (Å²) in [6.07, 6.45) is 7.06. The molecule has 0 spiro atoms. The highest BCUT2D eigenvalue weighted by Crippen LogP contribution is 2.59. The van der Waals surface area contributed by atoms with Gasteiger partial charge in [-0.05, 0) is 56.6 Å². The zero-order valence-electron chi connectivity index (χ0n) is 19.5. The maximum absolute atomic E-state index is 12.7. The third kappa shape index (κ3) is 4.56. The van der Waals surface area contributed by atoms with E-state index in [-0.39, 0.29) is 22.2 Å². The molecule has 1 aliphatic carbocycles. The van der Waals surface area contributed by atoms with Crippen LogP contribution >= 0.6 is 10.3 Å². The van der Waals surface area contributed by atoms with Crippen LogP contribution in [0, 0.1) is 12.3 Å². The SMILES string of the molecule is CCOC(=O)c1c(C)nc2c(c1CC)C(OS(C)(C)C(C)(C)C)CC(C)(C)C2. The number of hydrogen-bond acceptors (Lipinski definition) is 4. The average Bonchev–Trinajstić information content (AvgIpc) is 2.50. The highest BCUT2D eigenvalue weighted by molar-refractivity contribution is 8.29. The molecule has 0 fully saturated rings. The highest BCUT2D eigenvalue weighted by atomic mass is 32.3. The fraction of sp³-hybridized carbons (Fsp3) is 0.739. The van der Waals surface area contributed by atoms with Crippen LogP contribution in [0.3, 0.4) is 0 Å². The van der Waals surface area contributed by atoms with E-state index >= 15 is 0 Å². The van der Waals surface area contributed by atoms with Gasteiger partial charge in [-0.2, -0.15) is 0 Å². The molecular weight excluding hydrogens is 370 g/mol. The summed E-state index contributed by atoms with van der Waals surface area (Å²) in [6.45, 7) is 17.5. The van der Waals surface area contributed by atoms with Crippen LogP contribution in [0.2, 0.25) is 0 Å². The second-order valence-electron chi connectivity index (χ2n) is 9.96. The maximum atomic E-state index is 12.7. The molecule has 160 valence electrons. The van der Waals surface area contributed by atoms with Crippen LogP contribution in [0.15, 0.2) is 0 Å². The van der Waals surface area contributed by atoms with Gasteiger partial charge in [0.1, 0.15) is 0 Å². The quantitative estimate of drug-likeness (QED) is 0.565.